The van der Waals surface area contributed by atoms with E-state index in [9.17, 15) is 27.9 Å². The summed E-state index contributed by atoms with van der Waals surface area (Å²) < 4.78 is 42.3. The maximum atomic E-state index is 12.6. The van der Waals surface area contributed by atoms with E-state index >= 15 is 0 Å². The van der Waals surface area contributed by atoms with Crippen LogP contribution in [0.25, 0.3) is 0 Å². The standard InChI is InChI=1S/C21H26ClF3N2O4/c1-14(21(23,24)25)31-19(30)27-11-9-26(10-12-27)13-15-5-4-6-16(22)17(15)20(18(28)29)7-2-3-8-20/h4-6,14H,2-3,7-13H2,1H3,(H,28,29). The highest BCUT2D eigenvalue weighted by molar-refractivity contribution is 6.31. The van der Waals surface area contributed by atoms with Crippen LogP contribution < -0.4 is 0 Å². The Balaban J connectivity index is 1.67. The number of ether oxygens (including phenoxy) is 1. The van der Waals surface area contributed by atoms with Gasteiger partial charge in [0.15, 0.2) is 6.10 Å². The average molecular weight is 463 g/mol. The lowest BCUT2D eigenvalue weighted by molar-refractivity contribution is -0.200. The monoisotopic (exact) mass is 462 g/mol. The lowest BCUT2D eigenvalue weighted by atomic mass is 9.76. The van der Waals surface area contributed by atoms with Gasteiger partial charge in [-0.05, 0) is 37.0 Å². The van der Waals surface area contributed by atoms with Crippen LogP contribution in [-0.2, 0) is 21.5 Å². The van der Waals surface area contributed by atoms with Crippen LogP contribution >= 0.6 is 11.6 Å². The number of nitrogens with zero attached hydrogens (tertiary/aromatic N) is 2. The number of carboxylic acid groups (broad SMARTS) is 1. The molecule has 1 saturated heterocycles. The molecule has 1 atom stereocenters. The fourth-order valence-electron chi connectivity index (χ4n) is 4.41. The van der Waals surface area contributed by atoms with Crippen LogP contribution in [0.3, 0.4) is 0 Å². The summed E-state index contributed by atoms with van der Waals surface area (Å²) in [6.45, 7) is 2.57. The third-order valence-electron chi connectivity index (χ3n) is 6.21. The van der Waals surface area contributed by atoms with Gasteiger partial charge in [-0.1, -0.05) is 36.6 Å². The Morgan fingerprint density at radius 1 is 1.19 bits per heavy atom. The van der Waals surface area contributed by atoms with Crippen LogP contribution in [0.1, 0.15) is 43.7 Å². The van der Waals surface area contributed by atoms with Crippen LogP contribution in [0, 0.1) is 0 Å². The van der Waals surface area contributed by atoms with E-state index in [1.807, 2.05) is 11.0 Å². The first kappa shape index (κ1) is 23.7. The van der Waals surface area contributed by atoms with Crippen LogP contribution in [0.4, 0.5) is 18.0 Å². The zero-order chi connectivity index (χ0) is 22.8. The summed E-state index contributed by atoms with van der Waals surface area (Å²) in [5.41, 5.74) is 0.494. The Morgan fingerprint density at radius 3 is 2.35 bits per heavy atom. The first-order valence-corrected chi connectivity index (χ1v) is 10.7. The Hall–Kier alpha value is -2.00. The van der Waals surface area contributed by atoms with Crippen molar-refractivity contribution in [2.75, 3.05) is 26.2 Å². The molecule has 6 nitrogen and oxygen atoms in total. The fraction of sp³-hybridized carbons (Fsp3) is 0.619. The van der Waals surface area contributed by atoms with Crippen molar-refractivity contribution in [2.24, 2.45) is 0 Å². The number of hydrogen-bond acceptors (Lipinski definition) is 4. The second kappa shape index (κ2) is 9.24. The number of hydrogen-bond donors (Lipinski definition) is 1. The number of alkyl halides is 3. The zero-order valence-corrected chi connectivity index (χ0v) is 18.0. The first-order chi connectivity index (χ1) is 14.5. The van der Waals surface area contributed by atoms with Crippen molar-refractivity contribution in [1.29, 1.82) is 0 Å². The SMILES string of the molecule is CC(OC(=O)N1CCN(Cc2cccc(Cl)c2C2(C(=O)O)CCCC2)CC1)C(F)(F)F. The fourth-order valence-corrected chi connectivity index (χ4v) is 4.78. The number of benzene rings is 1. The van der Waals surface area contributed by atoms with E-state index in [1.54, 1.807) is 12.1 Å². The number of carbonyl (C=O) groups excluding carboxylic acids is 1. The molecule has 172 valence electrons. The van der Waals surface area contributed by atoms with E-state index in [4.69, 9.17) is 11.6 Å². The summed E-state index contributed by atoms with van der Waals surface area (Å²) in [6.07, 6.45) is -5.01. The summed E-state index contributed by atoms with van der Waals surface area (Å²) >= 11 is 6.47. The molecule has 0 spiro atoms. The summed E-state index contributed by atoms with van der Waals surface area (Å²) in [6, 6.07) is 5.37. The molecule has 3 rings (SSSR count). The molecular weight excluding hydrogens is 437 g/mol. The molecule has 1 aliphatic carbocycles. The van der Waals surface area contributed by atoms with Gasteiger partial charge in [0.1, 0.15) is 0 Å². The Bertz CT molecular complexity index is 819. The number of halogens is 4. The number of amides is 1. The number of carboxylic acids is 1. The molecule has 1 aliphatic heterocycles. The molecule has 10 heteroatoms. The Morgan fingerprint density at radius 2 is 1.81 bits per heavy atom. The van der Waals surface area contributed by atoms with Crippen LogP contribution in [0.2, 0.25) is 5.02 Å². The molecule has 1 aromatic carbocycles. The van der Waals surface area contributed by atoms with Gasteiger partial charge in [-0.2, -0.15) is 13.2 Å². The van der Waals surface area contributed by atoms with E-state index in [-0.39, 0.29) is 13.1 Å². The largest absolute Gasteiger partial charge is 0.481 e. The minimum Gasteiger partial charge on any atom is -0.481 e. The minimum absolute atomic E-state index is 0.226. The van der Waals surface area contributed by atoms with Crippen LogP contribution in [0.15, 0.2) is 18.2 Å². The normalized spacial score (nSPS) is 20.5. The van der Waals surface area contributed by atoms with Gasteiger partial charge >= 0.3 is 18.2 Å². The Kier molecular flexibility index (Phi) is 7.05. The second-order valence-electron chi connectivity index (χ2n) is 8.20. The second-order valence-corrected chi connectivity index (χ2v) is 8.61. The topological polar surface area (TPSA) is 70.1 Å². The molecular formula is C21H26ClF3N2O4. The number of carbonyl (C=O) groups is 2. The van der Waals surface area contributed by atoms with Gasteiger partial charge in [-0.25, -0.2) is 4.79 Å². The van der Waals surface area contributed by atoms with E-state index in [1.165, 1.54) is 4.90 Å². The molecule has 0 bridgehead atoms. The van der Waals surface area contributed by atoms with Gasteiger partial charge in [-0.3, -0.25) is 9.69 Å². The highest BCUT2D eigenvalue weighted by atomic mass is 35.5. The van der Waals surface area contributed by atoms with Crippen molar-refractivity contribution < 1.29 is 32.6 Å². The highest BCUT2D eigenvalue weighted by Crippen LogP contribution is 2.46. The van der Waals surface area contributed by atoms with Gasteiger partial charge in [0, 0.05) is 37.7 Å². The maximum absolute atomic E-state index is 12.6. The predicted octanol–water partition coefficient (Wildman–Crippen LogP) is 4.44. The lowest BCUT2D eigenvalue weighted by Crippen LogP contribution is -2.50. The van der Waals surface area contributed by atoms with Gasteiger partial charge < -0.3 is 14.7 Å². The van der Waals surface area contributed by atoms with Gasteiger partial charge in [0.25, 0.3) is 0 Å². The predicted molar refractivity (Wildman–Crippen MR) is 108 cm³/mol. The number of piperazine rings is 1. The third-order valence-corrected chi connectivity index (χ3v) is 6.52. The smallest absolute Gasteiger partial charge is 0.425 e. The van der Waals surface area contributed by atoms with Crippen molar-refractivity contribution >= 4 is 23.7 Å². The minimum atomic E-state index is -4.60. The molecule has 2 aliphatic rings. The summed E-state index contributed by atoms with van der Waals surface area (Å²) in [7, 11) is 0. The van der Waals surface area contributed by atoms with Gasteiger partial charge in [0.05, 0.1) is 5.41 Å². The number of rotatable bonds is 5. The molecule has 1 saturated carbocycles. The van der Waals surface area contributed by atoms with E-state index in [2.05, 4.69) is 4.74 Å². The van der Waals surface area contributed by atoms with Crippen molar-refractivity contribution in [1.82, 2.24) is 9.80 Å². The molecule has 0 aromatic heterocycles. The summed E-state index contributed by atoms with van der Waals surface area (Å²) in [5, 5.41) is 10.4. The molecule has 1 heterocycles. The first-order valence-electron chi connectivity index (χ1n) is 10.3. The maximum Gasteiger partial charge on any atom is 0.425 e. The van der Waals surface area contributed by atoms with Crippen molar-refractivity contribution in [3.05, 3.63) is 34.3 Å². The molecule has 0 radical (unpaired) electrons. The number of aliphatic carboxylic acids is 1. The summed E-state index contributed by atoms with van der Waals surface area (Å²) in [5.74, 6) is -0.870. The molecule has 1 amide bonds. The van der Waals surface area contributed by atoms with E-state index in [0.717, 1.165) is 25.3 Å². The Labute approximate surface area is 183 Å². The quantitative estimate of drug-likeness (QED) is 0.700. The third kappa shape index (κ3) is 5.09. The van der Waals surface area contributed by atoms with Crippen molar-refractivity contribution in [3.63, 3.8) is 0 Å². The molecule has 2 fully saturated rings. The van der Waals surface area contributed by atoms with Crippen LogP contribution in [0.5, 0.6) is 0 Å². The molecule has 31 heavy (non-hydrogen) atoms. The highest BCUT2D eigenvalue weighted by Gasteiger charge is 2.45. The zero-order valence-electron chi connectivity index (χ0n) is 17.3. The molecule has 1 unspecified atom stereocenters. The molecule has 1 N–H and O–H groups in total. The van der Waals surface area contributed by atoms with Gasteiger partial charge in [0.2, 0.25) is 0 Å². The van der Waals surface area contributed by atoms with Crippen molar-refractivity contribution in [2.45, 2.75) is 56.8 Å². The van der Waals surface area contributed by atoms with Crippen molar-refractivity contribution in [3.8, 4) is 0 Å². The van der Waals surface area contributed by atoms with Gasteiger partial charge in [-0.15, -0.1) is 0 Å². The average Bonchev–Trinajstić information content (AvgIpc) is 3.18. The summed E-state index contributed by atoms with van der Waals surface area (Å²) in [4.78, 5) is 27.5. The van der Waals surface area contributed by atoms with Crippen LogP contribution in [-0.4, -0.2) is 65.4 Å². The molecule has 1 aromatic rings. The van der Waals surface area contributed by atoms with E-state index < -0.39 is 29.8 Å². The lowest BCUT2D eigenvalue weighted by Gasteiger charge is -2.36. The van der Waals surface area contributed by atoms with E-state index in [0.29, 0.717) is 43.1 Å².